The molecule has 3 aromatic carbocycles. The number of sulfonamides is 1. The van der Waals surface area contributed by atoms with Crippen LogP contribution in [0.2, 0.25) is 0 Å². The first-order valence-corrected chi connectivity index (χ1v) is 11.0. The number of nitrogens with one attached hydrogen (secondary N) is 2. The lowest BCUT2D eigenvalue weighted by molar-refractivity contribution is 0.0587. The molecule has 0 atom stereocenters. The summed E-state index contributed by atoms with van der Waals surface area (Å²) in [7, 11) is -1.46. The van der Waals surface area contributed by atoms with Gasteiger partial charge in [0.25, 0.3) is 15.9 Å². The van der Waals surface area contributed by atoms with Crippen molar-refractivity contribution in [1.82, 2.24) is 0 Å². The number of carbonyl (C=O) groups excluding carboxylic acids is 3. The predicted octanol–water partition coefficient (Wildman–Crippen LogP) is 3.31. The van der Waals surface area contributed by atoms with Gasteiger partial charge in [-0.15, -0.1) is 0 Å². The molecule has 9 nitrogen and oxygen atoms in total. The Morgan fingerprint density at radius 1 is 0.758 bits per heavy atom. The second-order valence-corrected chi connectivity index (χ2v) is 8.38. The highest BCUT2D eigenvalue weighted by atomic mass is 32.2. The fourth-order valence-corrected chi connectivity index (χ4v) is 3.98. The molecule has 0 spiro atoms. The Hall–Kier alpha value is -4.18. The number of rotatable bonds is 7. The first-order chi connectivity index (χ1) is 15.7. The van der Waals surface area contributed by atoms with Gasteiger partial charge in [0.05, 0.1) is 35.9 Å². The maximum Gasteiger partial charge on any atom is 0.339 e. The third-order valence-corrected chi connectivity index (χ3v) is 5.92. The van der Waals surface area contributed by atoms with E-state index in [-0.39, 0.29) is 33.0 Å². The van der Waals surface area contributed by atoms with Crippen LogP contribution >= 0.6 is 0 Å². The van der Waals surface area contributed by atoms with Crippen LogP contribution < -0.4 is 10.0 Å². The monoisotopic (exact) mass is 468 g/mol. The molecule has 0 aromatic heterocycles. The minimum absolute atomic E-state index is 0.0273. The van der Waals surface area contributed by atoms with Crippen molar-refractivity contribution in [2.24, 2.45) is 0 Å². The molecule has 1 amide bonds. The van der Waals surface area contributed by atoms with E-state index in [1.165, 1.54) is 68.8 Å². The molecule has 10 heteroatoms. The Morgan fingerprint density at radius 3 is 2.12 bits per heavy atom. The fourth-order valence-electron chi connectivity index (χ4n) is 2.91. The SMILES string of the molecule is COC(=O)c1ccc(C(=O)OC)c(NC(=O)c2cccc(NS(=O)(=O)c3ccccc3)c2)c1. The average molecular weight is 468 g/mol. The minimum atomic E-state index is -3.85. The fraction of sp³-hybridized carbons (Fsp3) is 0.0870. The van der Waals surface area contributed by atoms with Gasteiger partial charge in [-0.2, -0.15) is 0 Å². The summed E-state index contributed by atoms with van der Waals surface area (Å²) < 4.78 is 36.9. The van der Waals surface area contributed by atoms with Crippen molar-refractivity contribution < 1.29 is 32.3 Å². The maximum atomic E-state index is 12.9. The molecule has 3 rings (SSSR count). The minimum Gasteiger partial charge on any atom is -0.465 e. The Kier molecular flexibility index (Phi) is 7.09. The number of anilines is 2. The van der Waals surface area contributed by atoms with E-state index in [2.05, 4.69) is 14.8 Å². The van der Waals surface area contributed by atoms with Crippen molar-refractivity contribution in [3.63, 3.8) is 0 Å². The van der Waals surface area contributed by atoms with Gasteiger partial charge in [0.2, 0.25) is 0 Å². The van der Waals surface area contributed by atoms with E-state index in [4.69, 9.17) is 4.74 Å². The van der Waals surface area contributed by atoms with Crippen LogP contribution in [0.15, 0.2) is 77.7 Å². The normalized spacial score (nSPS) is 10.7. The summed E-state index contributed by atoms with van der Waals surface area (Å²) in [6.07, 6.45) is 0. The van der Waals surface area contributed by atoms with Crippen molar-refractivity contribution in [1.29, 1.82) is 0 Å². The molecule has 33 heavy (non-hydrogen) atoms. The molecule has 0 radical (unpaired) electrons. The zero-order valence-corrected chi connectivity index (χ0v) is 18.5. The number of esters is 2. The highest BCUT2D eigenvalue weighted by molar-refractivity contribution is 7.92. The van der Waals surface area contributed by atoms with Gasteiger partial charge in [0.1, 0.15) is 0 Å². The molecule has 0 saturated heterocycles. The van der Waals surface area contributed by atoms with Crippen LogP contribution in [0.3, 0.4) is 0 Å². The molecule has 0 bridgehead atoms. The molecule has 0 aliphatic heterocycles. The van der Waals surface area contributed by atoms with Gasteiger partial charge in [0, 0.05) is 11.3 Å². The lowest BCUT2D eigenvalue weighted by Gasteiger charge is -2.13. The highest BCUT2D eigenvalue weighted by Crippen LogP contribution is 2.22. The van der Waals surface area contributed by atoms with Gasteiger partial charge in [0.15, 0.2) is 0 Å². The van der Waals surface area contributed by atoms with Crippen LogP contribution in [0, 0.1) is 0 Å². The molecule has 3 aromatic rings. The summed E-state index contributed by atoms with van der Waals surface area (Å²) >= 11 is 0. The van der Waals surface area contributed by atoms with E-state index in [9.17, 15) is 22.8 Å². The number of ether oxygens (including phenoxy) is 2. The highest BCUT2D eigenvalue weighted by Gasteiger charge is 2.19. The van der Waals surface area contributed by atoms with E-state index in [0.717, 1.165) is 0 Å². The molecular formula is C23H20N2O7S. The topological polar surface area (TPSA) is 128 Å². The van der Waals surface area contributed by atoms with Gasteiger partial charge in [-0.05, 0) is 48.5 Å². The quantitative estimate of drug-likeness (QED) is 0.509. The number of methoxy groups -OCH3 is 2. The van der Waals surface area contributed by atoms with Gasteiger partial charge in [-0.1, -0.05) is 24.3 Å². The van der Waals surface area contributed by atoms with E-state index in [1.54, 1.807) is 18.2 Å². The van der Waals surface area contributed by atoms with Crippen molar-refractivity contribution in [3.05, 3.63) is 89.5 Å². The Bertz CT molecular complexity index is 1310. The number of hydrogen-bond acceptors (Lipinski definition) is 7. The summed E-state index contributed by atoms with van der Waals surface area (Å²) in [5, 5.41) is 2.56. The van der Waals surface area contributed by atoms with Crippen LogP contribution in [0.4, 0.5) is 11.4 Å². The number of carbonyl (C=O) groups is 3. The third kappa shape index (κ3) is 5.55. The van der Waals surface area contributed by atoms with Crippen LogP contribution in [0.5, 0.6) is 0 Å². The van der Waals surface area contributed by atoms with E-state index < -0.39 is 27.9 Å². The molecule has 0 aliphatic rings. The largest absolute Gasteiger partial charge is 0.465 e. The van der Waals surface area contributed by atoms with E-state index in [1.807, 2.05) is 0 Å². The van der Waals surface area contributed by atoms with Gasteiger partial charge < -0.3 is 14.8 Å². The van der Waals surface area contributed by atoms with Crippen molar-refractivity contribution in [3.8, 4) is 0 Å². The molecule has 0 unspecified atom stereocenters. The first kappa shape index (κ1) is 23.5. The van der Waals surface area contributed by atoms with Crippen LogP contribution in [-0.4, -0.2) is 40.5 Å². The zero-order valence-electron chi connectivity index (χ0n) is 17.7. The van der Waals surface area contributed by atoms with Crippen molar-refractivity contribution in [2.75, 3.05) is 24.3 Å². The predicted molar refractivity (Wildman–Crippen MR) is 121 cm³/mol. The van der Waals surface area contributed by atoms with Crippen LogP contribution in [0.25, 0.3) is 0 Å². The summed E-state index contributed by atoms with van der Waals surface area (Å²) in [6.45, 7) is 0. The van der Waals surface area contributed by atoms with Gasteiger partial charge in [-0.3, -0.25) is 9.52 Å². The van der Waals surface area contributed by atoms with E-state index >= 15 is 0 Å². The Labute approximate surface area is 190 Å². The summed E-state index contributed by atoms with van der Waals surface area (Å²) in [5.74, 6) is -2.01. The van der Waals surface area contributed by atoms with Crippen LogP contribution in [-0.2, 0) is 19.5 Å². The molecule has 0 heterocycles. The van der Waals surface area contributed by atoms with Crippen LogP contribution in [0.1, 0.15) is 31.1 Å². The Morgan fingerprint density at radius 2 is 1.45 bits per heavy atom. The second-order valence-electron chi connectivity index (χ2n) is 6.70. The van der Waals surface area contributed by atoms with Gasteiger partial charge >= 0.3 is 11.9 Å². The molecule has 0 aliphatic carbocycles. The molecule has 170 valence electrons. The summed E-state index contributed by atoms with van der Waals surface area (Å²) in [5.41, 5.74) is 0.458. The lowest BCUT2D eigenvalue weighted by Crippen LogP contribution is -2.17. The maximum absolute atomic E-state index is 12.9. The lowest BCUT2D eigenvalue weighted by atomic mass is 10.1. The van der Waals surface area contributed by atoms with Crippen molar-refractivity contribution in [2.45, 2.75) is 4.90 Å². The smallest absolute Gasteiger partial charge is 0.339 e. The zero-order chi connectivity index (χ0) is 24.0. The van der Waals surface area contributed by atoms with E-state index in [0.29, 0.717) is 0 Å². The number of hydrogen-bond donors (Lipinski definition) is 2. The summed E-state index contributed by atoms with van der Waals surface area (Å²) in [6, 6.07) is 17.6. The van der Waals surface area contributed by atoms with Gasteiger partial charge in [-0.25, -0.2) is 18.0 Å². The first-order valence-electron chi connectivity index (χ1n) is 9.55. The average Bonchev–Trinajstić information content (AvgIpc) is 2.83. The Balaban J connectivity index is 1.88. The standard InChI is InChI=1S/C23H20N2O7S/c1-31-22(27)16-11-12-19(23(28)32-2)20(14-16)24-21(26)15-7-6-8-17(13-15)25-33(29,30)18-9-4-3-5-10-18/h3-14,25H,1-2H3,(H,24,26). The number of benzene rings is 3. The molecule has 0 saturated carbocycles. The number of amides is 1. The molecule has 2 N–H and O–H groups in total. The summed E-state index contributed by atoms with van der Waals surface area (Å²) in [4.78, 5) is 36.9. The molecule has 0 fully saturated rings. The van der Waals surface area contributed by atoms with Crippen molar-refractivity contribution >= 4 is 39.2 Å². The molecular weight excluding hydrogens is 448 g/mol. The second kappa shape index (κ2) is 9.96. The third-order valence-electron chi connectivity index (χ3n) is 4.52.